The normalized spacial score (nSPS) is 15.3. The number of rotatable bonds is 11. The first-order valence-electron chi connectivity index (χ1n) is 14.2. The number of nitrogens with one attached hydrogen (secondary N) is 3. The molecule has 1 aromatic heterocycles. The Labute approximate surface area is 245 Å². The van der Waals surface area contributed by atoms with Crippen molar-refractivity contribution in [3.05, 3.63) is 71.4 Å². The van der Waals surface area contributed by atoms with E-state index in [1.54, 1.807) is 12.1 Å². The number of carbonyl (C=O) groups excluding carboxylic acids is 2. The highest BCUT2D eigenvalue weighted by Crippen LogP contribution is 2.39. The molecule has 1 saturated carbocycles. The summed E-state index contributed by atoms with van der Waals surface area (Å²) < 4.78 is 5.53. The fraction of sp³-hybridized carbons (Fsp3) is 0.367. The molecular weight excluding hydrogens is 534 g/mol. The first kappa shape index (κ1) is 28.7. The molecule has 12 nitrogen and oxygen atoms in total. The number of nitrogens with zero attached hydrogens (tertiary/aromatic N) is 5. The number of aryl methyl sites for hydroxylation is 1. The summed E-state index contributed by atoms with van der Waals surface area (Å²) in [5.41, 5.74) is 7.15. The lowest BCUT2D eigenvalue weighted by Crippen LogP contribution is -2.47. The molecule has 1 aliphatic carbocycles. The van der Waals surface area contributed by atoms with Gasteiger partial charge in [0, 0.05) is 63.0 Å². The van der Waals surface area contributed by atoms with E-state index in [4.69, 9.17) is 10.3 Å². The molecule has 1 aliphatic heterocycles. The summed E-state index contributed by atoms with van der Waals surface area (Å²) in [6, 6.07) is 13.8. The van der Waals surface area contributed by atoms with Crippen LogP contribution >= 0.6 is 0 Å². The van der Waals surface area contributed by atoms with E-state index in [-0.39, 0.29) is 17.5 Å². The molecule has 5 rings (SSSR count). The third kappa shape index (κ3) is 6.88. The van der Waals surface area contributed by atoms with Gasteiger partial charge in [-0.25, -0.2) is 4.98 Å². The van der Waals surface area contributed by atoms with Gasteiger partial charge < -0.3 is 30.7 Å². The van der Waals surface area contributed by atoms with Crippen molar-refractivity contribution in [3.63, 3.8) is 0 Å². The summed E-state index contributed by atoms with van der Waals surface area (Å²) in [7, 11) is 0. The van der Waals surface area contributed by atoms with Gasteiger partial charge in [0.15, 0.2) is 11.6 Å². The molecular formula is C30H37N9O3. The van der Waals surface area contributed by atoms with Crippen LogP contribution in [-0.2, 0) is 0 Å². The maximum Gasteiger partial charge on any atom is 0.277 e. The van der Waals surface area contributed by atoms with Gasteiger partial charge in [0.1, 0.15) is 12.1 Å². The summed E-state index contributed by atoms with van der Waals surface area (Å²) in [4.78, 5) is 35.2. The second-order valence-electron chi connectivity index (χ2n) is 10.5. The summed E-state index contributed by atoms with van der Waals surface area (Å²) in [6.45, 7) is 9.07. The second kappa shape index (κ2) is 13.2. The van der Waals surface area contributed by atoms with Crippen LogP contribution in [0.1, 0.15) is 63.9 Å². The van der Waals surface area contributed by atoms with E-state index in [0.29, 0.717) is 48.3 Å². The van der Waals surface area contributed by atoms with Gasteiger partial charge in [-0.3, -0.25) is 15.0 Å². The standard InChI is InChI=1S/C30H37N9O3/c1-20-6-3-4-7-25(20)38-14-16-39(17-15-38)26-12-11-22(28(40)33-13-5-8-27(36-31)37-32-2)18-23(26)34-29(41)24-19-42-30(35-24)21-9-10-21/h3-4,6-7,11-12,18-19,21H,2,5,8-10,13-17,31H2,1H3,(H,33,40)(H,34,41)(H,36,37). The average molecular weight is 572 g/mol. The molecule has 3 aromatic rings. The van der Waals surface area contributed by atoms with Crippen LogP contribution in [0.2, 0.25) is 0 Å². The SMILES string of the molecule is C=NNC(CCCNC(=O)c1ccc(N2CCN(c3ccccc3C)CC2)c(NC(=O)c2coc(C3CC3)n2)c1)=NN. The van der Waals surface area contributed by atoms with E-state index < -0.39 is 0 Å². The molecule has 0 unspecified atom stereocenters. The number of hydrazone groups is 2. The Morgan fingerprint density at radius 2 is 1.81 bits per heavy atom. The minimum Gasteiger partial charge on any atom is -0.448 e. The van der Waals surface area contributed by atoms with Crippen LogP contribution in [0.25, 0.3) is 0 Å². The number of anilines is 3. The van der Waals surface area contributed by atoms with E-state index in [1.807, 2.05) is 12.1 Å². The van der Waals surface area contributed by atoms with E-state index in [1.165, 1.54) is 17.5 Å². The summed E-state index contributed by atoms with van der Waals surface area (Å²) in [5, 5.41) is 13.1. The molecule has 2 aliphatic rings. The van der Waals surface area contributed by atoms with Crippen LogP contribution in [0.4, 0.5) is 17.1 Å². The number of hydrogen-bond donors (Lipinski definition) is 4. The van der Waals surface area contributed by atoms with Crippen molar-refractivity contribution in [2.75, 3.05) is 47.8 Å². The van der Waals surface area contributed by atoms with Crippen LogP contribution in [-0.4, -0.2) is 62.1 Å². The second-order valence-corrected chi connectivity index (χ2v) is 10.5. The number of carbonyl (C=O) groups is 2. The number of hydrogen-bond acceptors (Lipinski definition) is 9. The fourth-order valence-corrected chi connectivity index (χ4v) is 5.06. The van der Waals surface area contributed by atoms with Gasteiger partial charge in [-0.15, -0.1) is 0 Å². The van der Waals surface area contributed by atoms with Crippen LogP contribution in [0.15, 0.2) is 63.3 Å². The molecule has 2 aromatic carbocycles. The summed E-state index contributed by atoms with van der Waals surface area (Å²) >= 11 is 0. The van der Waals surface area contributed by atoms with Gasteiger partial charge in [0.05, 0.1) is 11.4 Å². The molecule has 5 N–H and O–H groups in total. The van der Waals surface area contributed by atoms with Crippen molar-refractivity contribution in [3.8, 4) is 0 Å². The minimum atomic E-state index is -0.375. The molecule has 220 valence electrons. The molecule has 0 radical (unpaired) electrons. The number of amidine groups is 1. The smallest absolute Gasteiger partial charge is 0.277 e. The third-order valence-electron chi connectivity index (χ3n) is 7.50. The number of nitrogens with two attached hydrogens (primary N) is 1. The molecule has 1 saturated heterocycles. The van der Waals surface area contributed by atoms with E-state index >= 15 is 0 Å². The third-order valence-corrected chi connectivity index (χ3v) is 7.50. The first-order valence-corrected chi connectivity index (χ1v) is 14.2. The Bertz CT molecular complexity index is 1460. The number of benzene rings is 2. The number of piperazine rings is 1. The van der Waals surface area contributed by atoms with E-state index in [9.17, 15) is 9.59 Å². The molecule has 0 atom stereocenters. The van der Waals surface area contributed by atoms with Crippen LogP contribution in [0, 0.1) is 6.92 Å². The van der Waals surface area contributed by atoms with Crippen molar-refractivity contribution in [1.29, 1.82) is 0 Å². The zero-order valence-corrected chi connectivity index (χ0v) is 23.8. The maximum absolute atomic E-state index is 13.2. The highest BCUT2D eigenvalue weighted by molar-refractivity contribution is 6.06. The van der Waals surface area contributed by atoms with Crippen molar-refractivity contribution in [1.82, 2.24) is 15.7 Å². The van der Waals surface area contributed by atoms with Crippen LogP contribution in [0.5, 0.6) is 0 Å². The van der Waals surface area contributed by atoms with E-state index in [0.717, 1.165) is 44.7 Å². The lowest BCUT2D eigenvalue weighted by atomic mass is 10.1. The van der Waals surface area contributed by atoms with Crippen LogP contribution in [0.3, 0.4) is 0 Å². The molecule has 2 heterocycles. The predicted molar refractivity (Wildman–Crippen MR) is 164 cm³/mol. The Hall–Kier alpha value is -4.87. The molecule has 2 fully saturated rings. The fourth-order valence-electron chi connectivity index (χ4n) is 5.06. The number of amides is 2. The molecule has 0 spiro atoms. The van der Waals surface area contributed by atoms with Gasteiger partial charge >= 0.3 is 0 Å². The zero-order chi connectivity index (χ0) is 29.5. The van der Waals surface area contributed by atoms with Crippen LogP contribution < -0.4 is 31.7 Å². The van der Waals surface area contributed by atoms with Gasteiger partial charge in [-0.05, 0) is 56.0 Å². The van der Waals surface area contributed by atoms with E-state index in [2.05, 4.69) is 72.9 Å². The van der Waals surface area contributed by atoms with Gasteiger partial charge in [0.2, 0.25) is 0 Å². The Kier molecular flexibility index (Phi) is 9.00. The number of aromatic nitrogens is 1. The number of para-hydroxylation sites is 1. The average Bonchev–Trinajstić information content (AvgIpc) is 3.74. The van der Waals surface area contributed by atoms with Gasteiger partial charge in [-0.1, -0.05) is 18.2 Å². The van der Waals surface area contributed by atoms with Crippen molar-refractivity contribution in [2.45, 2.75) is 38.5 Å². The molecule has 12 heteroatoms. The van der Waals surface area contributed by atoms with Gasteiger partial charge in [0.25, 0.3) is 11.8 Å². The largest absolute Gasteiger partial charge is 0.448 e. The summed E-state index contributed by atoms with van der Waals surface area (Å²) in [5.74, 6) is 6.08. The highest BCUT2D eigenvalue weighted by Gasteiger charge is 2.30. The Morgan fingerprint density at radius 3 is 2.50 bits per heavy atom. The maximum atomic E-state index is 13.2. The molecule has 2 amide bonds. The van der Waals surface area contributed by atoms with Crippen molar-refractivity contribution in [2.24, 2.45) is 16.0 Å². The van der Waals surface area contributed by atoms with Crippen molar-refractivity contribution < 1.29 is 14.0 Å². The molecule has 42 heavy (non-hydrogen) atoms. The summed E-state index contributed by atoms with van der Waals surface area (Å²) in [6.07, 6.45) is 4.56. The van der Waals surface area contributed by atoms with Gasteiger partial charge in [-0.2, -0.15) is 10.2 Å². The Balaban J connectivity index is 1.30. The quantitative estimate of drug-likeness (QED) is 0.0898. The zero-order valence-electron chi connectivity index (χ0n) is 23.8. The lowest BCUT2D eigenvalue weighted by Gasteiger charge is -2.38. The Morgan fingerprint density at radius 1 is 1.07 bits per heavy atom. The lowest BCUT2D eigenvalue weighted by molar-refractivity contribution is 0.0952. The first-order chi connectivity index (χ1) is 20.5. The molecule has 0 bridgehead atoms. The predicted octanol–water partition coefficient (Wildman–Crippen LogP) is 3.43. The topological polar surface area (TPSA) is 153 Å². The minimum absolute atomic E-state index is 0.224. The van der Waals surface area contributed by atoms with Crippen molar-refractivity contribution >= 4 is 41.4 Å². The monoisotopic (exact) mass is 571 g/mol. The number of oxazole rings is 1. The highest BCUT2D eigenvalue weighted by atomic mass is 16.3.